The van der Waals surface area contributed by atoms with E-state index in [9.17, 15) is 15.0 Å². The summed E-state index contributed by atoms with van der Waals surface area (Å²) in [5.74, 6) is -1.11. The third-order valence-corrected chi connectivity index (χ3v) is 3.61. The zero-order valence-electron chi connectivity index (χ0n) is 12.2. The van der Waals surface area contributed by atoms with Crippen molar-refractivity contribution in [2.75, 3.05) is 0 Å². The molecular formula is C17H17ClO4. The van der Waals surface area contributed by atoms with E-state index in [-0.39, 0.29) is 17.1 Å². The van der Waals surface area contributed by atoms with Crippen molar-refractivity contribution in [1.29, 1.82) is 0 Å². The van der Waals surface area contributed by atoms with Crippen LogP contribution in [-0.4, -0.2) is 16.2 Å². The van der Waals surface area contributed by atoms with Gasteiger partial charge >= 0.3 is 5.97 Å². The zero-order chi connectivity index (χ0) is 16.1. The fourth-order valence-corrected chi connectivity index (χ4v) is 2.33. The monoisotopic (exact) mass is 320 g/mol. The van der Waals surface area contributed by atoms with Crippen molar-refractivity contribution in [2.24, 2.45) is 0 Å². The lowest BCUT2D eigenvalue weighted by Crippen LogP contribution is -2.04. The number of hydrogen-bond donors (Lipinski definition) is 2. The average Bonchev–Trinajstić information content (AvgIpc) is 2.49. The fraction of sp³-hybridized carbons (Fsp3) is 0.235. The van der Waals surface area contributed by atoms with Gasteiger partial charge in [-0.3, -0.25) is 0 Å². The summed E-state index contributed by atoms with van der Waals surface area (Å²) in [6.45, 7) is 2.02. The first kappa shape index (κ1) is 16.2. The number of carboxylic acids is 1. The molecule has 0 aliphatic heterocycles. The molecule has 0 saturated carbocycles. The van der Waals surface area contributed by atoms with Crippen molar-refractivity contribution in [1.82, 2.24) is 0 Å². The third-order valence-electron chi connectivity index (χ3n) is 3.30. The van der Waals surface area contributed by atoms with E-state index in [0.717, 1.165) is 12.8 Å². The summed E-state index contributed by atoms with van der Waals surface area (Å²) in [6, 6.07) is 10.0. The Morgan fingerprint density at radius 1 is 1.18 bits per heavy atom. The maximum atomic E-state index is 11.4. The fourth-order valence-electron chi connectivity index (χ4n) is 2.16. The minimum Gasteiger partial charge on any atom is -0.504 e. The quantitative estimate of drug-likeness (QED) is 0.796. The Bertz CT molecular complexity index is 682. The van der Waals surface area contributed by atoms with Crippen LogP contribution < -0.4 is 4.74 Å². The molecule has 2 aromatic carbocycles. The standard InChI is InChI=1S/C17H17ClO4/c1-2-3-6-11-9-10-14(16(19)15(11)17(20)21)22-13-8-5-4-7-12(13)18/h4-5,7-10,19H,2-3,6H2,1H3,(H,20,21). The van der Waals surface area contributed by atoms with Crippen LogP contribution in [0.25, 0.3) is 0 Å². The Hall–Kier alpha value is -2.20. The summed E-state index contributed by atoms with van der Waals surface area (Å²) in [6.07, 6.45) is 2.39. The molecule has 0 atom stereocenters. The van der Waals surface area contributed by atoms with Crippen LogP contribution in [0.4, 0.5) is 0 Å². The molecule has 0 aliphatic carbocycles. The molecule has 0 aliphatic rings. The number of aromatic carboxylic acids is 1. The Labute approximate surface area is 133 Å². The van der Waals surface area contributed by atoms with Gasteiger partial charge in [0.2, 0.25) is 0 Å². The van der Waals surface area contributed by atoms with Crippen molar-refractivity contribution in [3.05, 3.63) is 52.5 Å². The predicted octanol–water partition coefficient (Wildman–Crippen LogP) is 4.88. The van der Waals surface area contributed by atoms with Crippen LogP contribution >= 0.6 is 11.6 Å². The van der Waals surface area contributed by atoms with E-state index in [4.69, 9.17) is 16.3 Å². The molecule has 0 unspecified atom stereocenters. The predicted molar refractivity (Wildman–Crippen MR) is 85.2 cm³/mol. The molecule has 5 heteroatoms. The van der Waals surface area contributed by atoms with Crippen molar-refractivity contribution in [3.63, 3.8) is 0 Å². The molecule has 0 radical (unpaired) electrons. The van der Waals surface area contributed by atoms with E-state index in [1.54, 1.807) is 36.4 Å². The van der Waals surface area contributed by atoms with Crippen molar-refractivity contribution < 1.29 is 19.7 Å². The molecule has 0 amide bonds. The number of benzene rings is 2. The van der Waals surface area contributed by atoms with Crippen LogP contribution in [0.15, 0.2) is 36.4 Å². The number of carbonyl (C=O) groups is 1. The van der Waals surface area contributed by atoms with Gasteiger partial charge in [0.05, 0.1) is 5.02 Å². The normalized spacial score (nSPS) is 10.5. The van der Waals surface area contributed by atoms with Gasteiger partial charge in [0.1, 0.15) is 11.3 Å². The topological polar surface area (TPSA) is 66.8 Å². The van der Waals surface area contributed by atoms with Crippen LogP contribution in [0.3, 0.4) is 0 Å². The summed E-state index contributed by atoms with van der Waals surface area (Å²) in [5.41, 5.74) is 0.483. The largest absolute Gasteiger partial charge is 0.504 e. The van der Waals surface area contributed by atoms with Gasteiger partial charge in [-0.15, -0.1) is 0 Å². The number of rotatable bonds is 6. The van der Waals surface area contributed by atoms with E-state index >= 15 is 0 Å². The SMILES string of the molecule is CCCCc1ccc(Oc2ccccc2Cl)c(O)c1C(=O)O. The Balaban J connectivity index is 2.39. The maximum Gasteiger partial charge on any atom is 0.339 e. The second-order valence-electron chi connectivity index (χ2n) is 4.89. The maximum absolute atomic E-state index is 11.4. The Morgan fingerprint density at radius 3 is 2.55 bits per heavy atom. The molecule has 0 bridgehead atoms. The van der Waals surface area contributed by atoms with Gasteiger partial charge in [-0.1, -0.05) is 43.1 Å². The van der Waals surface area contributed by atoms with E-state index in [2.05, 4.69) is 0 Å². The van der Waals surface area contributed by atoms with Crippen LogP contribution in [0.5, 0.6) is 17.2 Å². The molecular weight excluding hydrogens is 304 g/mol. The van der Waals surface area contributed by atoms with Gasteiger partial charge < -0.3 is 14.9 Å². The van der Waals surface area contributed by atoms with Gasteiger partial charge in [0, 0.05) is 0 Å². The van der Waals surface area contributed by atoms with Gasteiger partial charge in [0.25, 0.3) is 0 Å². The minimum absolute atomic E-state index is 0.0748. The van der Waals surface area contributed by atoms with Crippen LogP contribution in [0.2, 0.25) is 5.02 Å². The first-order valence-electron chi connectivity index (χ1n) is 7.05. The number of aromatic hydroxyl groups is 1. The van der Waals surface area contributed by atoms with Gasteiger partial charge in [0.15, 0.2) is 11.5 Å². The van der Waals surface area contributed by atoms with E-state index in [0.29, 0.717) is 22.8 Å². The lowest BCUT2D eigenvalue weighted by atomic mass is 10.0. The number of halogens is 1. The van der Waals surface area contributed by atoms with Gasteiger partial charge in [-0.05, 0) is 36.6 Å². The van der Waals surface area contributed by atoms with Crippen LogP contribution in [0, 0.1) is 0 Å². The summed E-state index contributed by atoms with van der Waals surface area (Å²) in [4.78, 5) is 11.4. The minimum atomic E-state index is -1.17. The highest BCUT2D eigenvalue weighted by Crippen LogP contribution is 2.38. The van der Waals surface area contributed by atoms with E-state index in [1.165, 1.54) is 0 Å². The molecule has 2 aromatic rings. The average molecular weight is 321 g/mol. The zero-order valence-corrected chi connectivity index (χ0v) is 12.9. The molecule has 0 saturated heterocycles. The Morgan fingerprint density at radius 2 is 1.91 bits per heavy atom. The number of para-hydroxylation sites is 1. The first-order chi connectivity index (χ1) is 10.5. The van der Waals surface area contributed by atoms with Crippen LogP contribution in [0.1, 0.15) is 35.7 Å². The summed E-state index contributed by atoms with van der Waals surface area (Å²) < 4.78 is 5.54. The van der Waals surface area contributed by atoms with Crippen LogP contribution in [-0.2, 0) is 6.42 Å². The summed E-state index contributed by atoms with van der Waals surface area (Å²) in [5, 5.41) is 20.0. The smallest absolute Gasteiger partial charge is 0.339 e. The number of phenols is 1. The summed E-state index contributed by atoms with van der Waals surface area (Å²) in [7, 11) is 0. The molecule has 0 spiro atoms. The molecule has 2 N–H and O–H groups in total. The molecule has 116 valence electrons. The van der Waals surface area contributed by atoms with E-state index < -0.39 is 5.97 Å². The van der Waals surface area contributed by atoms with Crippen molar-refractivity contribution in [3.8, 4) is 17.2 Å². The molecule has 4 nitrogen and oxygen atoms in total. The Kier molecular flexibility index (Phi) is 5.28. The molecule has 0 heterocycles. The second-order valence-corrected chi connectivity index (χ2v) is 5.29. The number of carboxylic acid groups (broad SMARTS) is 1. The highest BCUT2D eigenvalue weighted by Gasteiger charge is 2.20. The van der Waals surface area contributed by atoms with Gasteiger partial charge in [-0.25, -0.2) is 4.79 Å². The summed E-state index contributed by atoms with van der Waals surface area (Å²) >= 11 is 6.01. The molecule has 0 fully saturated rings. The van der Waals surface area contributed by atoms with Crippen molar-refractivity contribution in [2.45, 2.75) is 26.2 Å². The molecule has 2 rings (SSSR count). The molecule has 22 heavy (non-hydrogen) atoms. The number of aryl methyl sites for hydroxylation is 1. The molecule has 0 aromatic heterocycles. The lowest BCUT2D eigenvalue weighted by molar-refractivity contribution is 0.0692. The highest BCUT2D eigenvalue weighted by atomic mass is 35.5. The third kappa shape index (κ3) is 3.52. The second kappa shape index (κ2) is 7.18. The number of unbranched alkanes of at least 4 members (excludes halogenated alkanes) is 1. The highest BCUT2D eigenvalue weighted by molar-refractivity contribution is 6.32. The number of hydrogen-bond acceptors (Lipinski definition) is 3. The number of ether oxygens (including phenoxy) is 1. The first-order valence-corrected chi connectivity index (χ1v) is 7.43. The lowest BCUT2D eigenvalue weighted by Gasteiger charge is -2.13. The van der Waals surface area contributed by atoms with Crippen molar-refractivity contribution >= 4 is 17.6 Å². The van der Waals surface area contributed by atoms with E-state index in [1.807, 2.05) is 6.92 Å². The van der Waals surface area contributed by atoms with Gasteiger partial charge in [-0.2, -0.15) is 0 Å².